The van der Waals surface area contributed by atoms with Crippen LogP contribution in [0.15, 0.2) is 16.6 Å². The number of phenols is 1. The topological polar surface area (TPSA) is 23.5 Å². The Balaban J connectivity index is 2.12. The van der Waals surface area contributed by atoms with E-state index in [1.165, 1.54) is 12.8 Å². The van der Waals surface area contributed by atoms with E-state index in [4.69, 9.17) is 0 Å². The standard InChI is InChI=1S/C14H20BrNO/c1-10-4-3-5-16(8-10)9-12-7-13(15)6-11(2)14(12)17/h6-7,10,17H,3-5,8-9H2,1-2H3. The van der Waals surface area contributed by atoms with E-state index < -0.39 is 0 Å². The third kappa shape index (κ3) is 3.23. The number of aryl methyl sites for hydroxylation is 1. The highest BCUT2D eigenvalue weighted by molar-refractivity contribution is 9.10. The second kappa shape index (κ2) is 5.40. The summed E-state index contributed by atoms with van der Waals surface area (Å²) in [7, 11) is 0. The number of nitrogens with zero attached hydrogens (tertiary/aromatic N) is 1. The SMILES string of the molecule is Cc1cc(Br)cc(CN2CCCC(C)C2)c1O. The van der Waals surface area contributed by atoms with Crippen molar-refractivity contribution in [1.82, 2.24) is 4.90 Å². The van der Waals surface area contributed by atoms with Gasteiger partial charge in [-0.1, -0.05) is 22.9 Å². The second-order valence-electron chi connectivity index (χ2n) is 5.21. The summed E-state index contributed by atoms with van der Waals surface area (Å²) in [6.07, 6.45) is 2.61. The number of piperidine rings is 1. The smallest absolute Gasteiger partial charge is 0.123 e. The minimum absolute atomic E-state index is 0.450. The summed E-state index contributed by atoms with van der Waals surface area (Å²) in [5, 5.41) is 10.1. The number of rotatable bonds is 2. The zero-order chi connectivity index (χ0) is 12.4. The molecule has 1 aromatic carbocycles. The van der Waals surface area contributed by atoms with E-state index in [0.29, 0.717) is 5.75 Å². The number of aromatic hydroxyl groups is 1. The monoisotopic (exact) mass is 297 g/mol. The molecule has 1 unspecified atom stereocenters. The molecule has 3 heteroatoms. The maximum absolute atomic E-state index is 10.1. The molecule has 94 valence electrons. The maximum atomic E-state index is 10.1. The van der Waals surface area contributed by atoms with Crippen LogP contribution in [0.5, 0.6) is 5.75 Å². The van der Waals surface area contributed by atoms with Crippen LogP contribution in [0.4, 0.5) is 0 Å². The van der Waals surface area contributed by atoms with Crippen LogP contribution in [0.2, 0.25) is 0 Å². The van der Waals surface area contributed by atoms with Crippen molar-refractivity contribution in [1.29, 1.82) is 0 Å². The molecule has 0 aromatic heterocycles. The summed E-state index contributed by atoms with van der Waals surface area (Å²) in [5.74, 6) is 1.23. The molecule has 1 aromatic rings. The van der Waals surface area contributed by atoms with Crippen LogP contribution in [0.1, 0.15) is 30.9 Å². The summed E-state index contributed by atoms with van der Waals surface area (Å²) in [6.45, 7) is 7.40. The van der Waals surface area contributed by atoms with E-state index in [1.807, 2.05) is 19.1 Å². The van der Waals surface area contributed by atoms with Crippen LogP contribution in [-0.2, 0) is 6.54 Å². The van der Waals surface area contributed by atoms with Gasteiger partial charge in [-0.15, -0.1) is 0 Å². The van der Waals surface area contributed by atoms with Gasteiger partial charge in [-0.2, -0.15) is 0 Å². The van der Waals surface area contributed by atoms with Gasteiger partial charge >= 0.3 is 0 Å². The Morgan fingerprint density at radius 1 is 1.47 bits per heavy atom. The molecule has 0 bridgehead atoms. The maximum Gasteiger partial charge on any atom is 0.123 e. The third-order valence-electron chi connectivity index (χ3n) is 3.48. The Labute approximate surface area is 112 Å². The predicted octanol–water partition coefficient (Wildman–Crippen LogP) is 3.70. The van der Waals surface area contributed by atoms with Crippen molar-refractivity contribution < 1.29 is 5.11 Å². The van der Waals surface area contributed by atoms with E-state index in [1.54, 1.807) is 0 Å². The molecule has 1 atom stereocenters. The lowest BCUT2D eigenvalue weighted by atomic mass is 9.99. The Morgan fingerprint density at radius 2 is 2.24 bits per heavy atom. The molecule has 1 N–H and O–H groups in total. The number of likely N-dealkylation sites (tertiary alicyclic amines) is 1. The molecule has 0 saturated carbocycles. The summed E-state index contributed by atoms with van der Waals surface area (Å²) >= 11 is 3.49. The van der Waals surface area contributed by atoms with Crippen molar-refractivity contribution in [3.8, 4) is 5.75 Å². The minimum atomic E-state index is 0.450. The van der Waals surface area contributed by atoms with Crippen LogP contribution < -0.4 is 0 Å². The molecule has 2 rings (SSSR count). The van der Waals surface area contributed by atoms with Crippen LogP contribution in [0.25, 0.3) is 0 Å². The fraction of sp³-hybridized carbons (Fsp3) is 0.571. The van der Waals surface area contributed by atoms with Crippen molar-refractivity contribution in [3.63, 3.8) is 0 Å². The number of hydrogen-bond donors (Lipinski definition) is 1. The highest BCUT2D eigenvalue weighted by Gasteiger charge is 2.18. The van der Waals surface area contributed by atoms with Crippen molar-refractivity contribution in [2.45, 2.75) is 33.2 Å². The van der Waals surface area contributed by atoms with Gasteiger partial charge in [-0.3, -0.25) is 4.90 Å². The molecule has 1 heterocycles. The molecular formula is C14H20BrNO. The van der Waals surface area contributed by atoms with Gasteiger partial charge in [0.2, 0.25) is 0 Å². The molecular weight excluding hydrogens is 278 g/mol. The van der Waals surface area contributed by atoms with Crippen molar-refractivity contribution >= 4 is 15.9 Å². The normalized spacial score (nSPS) is 21.7. The highest BCUT2D eigenvalue weighted by atomic mass is 79.9. The quantitative estimate of drug-likeness (QED) is 0.900. The van der Waals surface area contributed by atoms with Crippen molar-refractivity contribution in [2.24, 2.45) is 5.92 Å². The van der Waals surface area contributed by atoms with Gasteiger partial charge in [-0.25, -0.2) is 0 Å². The molecule has 1 fully saturated rings. The fourth-order valence-corrected chi connectivity index (χ4v) is 3.22. The molecule has 0 spiro atoms. The summed E-state index contributed by atoms with van der Waals surface area (Å²) in [6, 6.07) is 3.99. The first-order valence-corrected chi connectivity index (χ1v) is 7.06. The number of benzene rings is 1. The van der Waals surface area contributed by atoms with Gasteiger partial charge in [-0.05, 0) is 49.9 Å². The summed E-state index contributed by atoms with van der Waals surface area (Å²) in [4.78, 5) is 2.44. The molecule has 0 aliphatic carbocycles. The average Bonchev–Trinajstić information content (AvgIpc) is 2.25. The zero-order valence-electron chi connectivity index (χ0n) is 10.5. The number of phenolic OH excluding ortho intramolecular Hbond substituents is 1. The largest absolute Gasteiger partial charge is 0.507 e. The van der Waals surface area contributed by atoms with Gasteiger partial charge < -0.3 is 5.11 Å². The summed E-state index contributed by atoms with van der Waals surface area (Å²) in [5.41, 5.74) is 1.98. The first kappa shape index (κ1) is 12.9. The lowest BCUT2D eigenvalue weighted by Gasteiger charge is -2.31. The Morgan fingerprint density at radius 3 is 2.94 bits per heavy atom. The van der Waals surface area contributed by atoms with Crippen LogP contribution in [0, 0.1) is 12.8 Å². The second-order valence-corrected chi connectivity index (χ2v) is 6.13. The minimum Gasteiger partial charge on any atom is -0.507 e. The van der Waals surface area contributed by atoms with Gasteiger partial charge in [0, 0.05) is 23.1 Å². The van der Waals surface area contributed by atoms with Gasteiger partial charge in [0.1, 0.15) is 5.75 Å². The lowest BCUT2D eigenvalue weighted by molar-refractivity contribution is 0.175. The average molecular weight is 298 g/mol. The van der Waals surface area contributed by atoms with Gasteiger partial charge in [0.25, 0.3) is 0 Å². The van der Waals surface area contributed by atoms with E-state index in [-0.39, 0.29) is 0 Å². The number of hydrogen-bond acceptors (Lipinski definition) is 2. The first-order valence-electron chi connectivity index (χ1n) is 6.26. The molecule has 0 amide bonds. The predicted molar refractivity (Wildman–Crippen MR) is 74.2 cm³/mol. The molecule has 1 saturated heterocycles. The first-order chi connectivity index (χ1) is 8.06. The fourth-order valence-electron chi connectivity index (χ4n) is 2.60. The van der Waals surface area contributed by atoms with Crippen molar-refractivity contribution in [3.05, 3.63) is 27.7 Å². The third-order valence-corrected chi connectivity index (χ3v) is 3.94. The van der Waals surface area contributed by atoms with Crippen LogP contribution in [0.3, 0.4) is 0 Å². The van der Waals surface area contributed by atoms with E-state index >= 15 is 0 Å². The molecule has 17 heavy (non-hydrogen) atoms. The molecule has 0 radical (unpaired) electrons. The van der Waals surface area contributed by atoms with Crippen LogP contribution in [-0.4, -0.2) is 23.1 Å². The number of halogens is 1. The van der Waals surface area contributed by atoms with Gasteiger partial charge in [0.05, 0.1) is 0 Å². The Bertz CT molecular complexity index is 405. The Kier molecular flexibility index (Phi) is 4.10. The Hall–Kier alpha value is -0.540. The van der Waals surface area contributed by atoms with Gasteiger partial charge in [0.15, 0.2) is 0 Å². The molecule has 2 nitrogen and oxygen atoms in total. The zero-order valence-corrected chi connectivity index (χ0v) is 12.1. The van der Waals surface area contributed by atoms with E-state index in [2.05, 4.69) is 27.8 Å². The highest BCUT2D eigenvalue weighted by Crippen LogP contribution is 2.29. The van der Waals surface area contributed by atoms with E-state index in [9.17, 15) is 5.11 Å². The van der Waals surface area contributed by atoms with E-state index in [0.717, 1.165) is 41.2 Å². The summed E-state index contributed by atoms with van der Waals surface area (Å²) < 4.78 is 1.05. The molecule has 1 aliphatic heterocycles. The molecule has 1 aliphatic rings. The lowest BCUT2D eigenvalue weighted by Crippen LogP contribution is -2.33. The van der Waals surface area contributed by atoms with Crippen molar-refractivity contribution in [2.75, 3.05) is 13.1 Å². The van der Waals surface area contributed by atoms with Crippen LogP contribution >= 0.6 is 15.9 Å².